The quantitative estimate of drug-likeness (QED) is 0.798. The first-order chi connectivity index (χ1) is 6.89. The molecule has 0 radical (unpaired) electrons. The van der Waals surface area contributed by atoms with Crippen LogP contribution in [0.25, 0.3) is 0 Å². The van der Waals surface area contributed by atoms with E-state index in [9.17, 15) is 0 Å². The zero-order chi connectivity index (χ0) is 11.5. The lowest BCUT2D eigenvalue weighted by Crippen LogP contribution is -2.25. The van der Waals surface area contributed by atoms with Crippen LogP contribution in [0, 0.1) is 0 Å². The van der Waals surface area contributed by atoms with Crippen molar-refractivity contribution in [3.05, 3.63) is 24.0 Å². The van der Waals surface area contributed by atoms with Gasteiger partial charge in [-0.3, -0.25) is 4.98 Å². The molecule has 0 bridgehead atoms. The number of hydrogen-bond donors (Lipinski definition) is 2. The molecule has 3 heteroatoms. The molecule has 0 aliphatic carbocycles. The van der Waals surface area contributed by atoms with Crippen molar-refractivity contribution in [2.24, 2.45) is 5.73 Å². The van der Waals surface area contributed by atoms with Gasteiger partial charge in [0.1, 0.15) is 0 Å². The number of pyridine rings is 1. The van der Waals surface area contributed by atoms with E-state index < -0.39 is 0 Å². The van der Waals surface area contributed by atoms with Gasteiger partial charge in [0.15, 0.2) is 0 Å². The summed E-state index contributed by atoms with van der Waals surface area (Å²) in [4.78, 5) is 4.37. The first-order valence-electron chi connectivity index (χ1n) is 5.35. The van der Waals surface area contributed by atoms with E-state index in [0.717, 1.165) is 17.9 Å². The fourth-order valence-electron chi connectivity index (χ4n) is 1.23. The first kappa shape index (κ1) is 12.0. The van der Waals surface area contributed by atoms with Gasteiger partial charge in [-0.15, -0.1) is 0 Å². The highest BCUT2D eigenvalue weighted by Gasteiger charge is 2.15. The molecule has 0 aliphatic rings. The number of nitrogens with two attached hydrogens (primary N) is 1. The Labute approximate surface area is 92.1 Å². The van der Waals surface area contributed by atoms with Crippen LogP contribution in [0.1, 0.15) is 33.4 Å². The van der Waals surface area contributed by atoms with E-state index in [2.05, 4.69) is 37.1 Å². The van der Waals surface area contributed by atoms with E-state index in [0.29, 0.717) is 0 Å². The van der Waals surface area contributed by atoms with Crippen LogP contribution in [0.2, 0.25) is 0 Å². The second-order valence-corrected chi connectivity index (χ2v) is 5.04. The predicted octanol–water partition coefficient (Wildman–Crippen LogP) is 2.14. The smallest absolute Gasteiger partial charge is 0.0477 e. The van der Waals surface area contributed by atoms with Crippen molar-refractivity contribution in [2.75, 3.05) is 11.9 Å². The molecule has 1 rings (SSSR count). The van der Waals surface area contributed by atoms with Crippen molar-refractivity contribution in [2.45, 2.75) is 39.2 Å². The van der Waals surface area contributed by atoms with Crippen LogP contribution in [0.4, 0.5) is 5.69 Å². The van der Waals surface area contributed by atoms with Crippen LogP contribution in [0.5, 0.6) is 0 Å². The maximum Gasteiger partial charge on any atom is 0.0477 e. The van der Waals surface area contributed by atoms with E-state index in [4.69, 9.17) is 5.73 Å². The number of nitrogens with one attached hydrogen (secondary N) is 1. The standard InChI is InChI=1S/C12H21N3/c1-9(13)8-15-10-5-6-14-11(7-10)12(2,3)4/h5-7,9H,8,13H2,1-4H3,(H,14,15). The lowest BCUT2D eigenvalue weighted by molar-refractivity contribution is 0.569. The van der Waals surface area contributed by atoms with Crippen LogP contribution in [0.15, 0.2) is 18.3 Å². The summed E-state index contributed by atoms with van der Waals surface area (Å²) in [5.74, 6) is 0. The maximum absolute atomic E-state index is 5.69. The van der Waals surface area contributed by atoms with Crippen LogP contribution >= 0.6 is 0 Å². The lowest BCUT2D eigenvalue weighted by atomic mass is 9.91. The molecule has 0 amide bonds. The molecule has 0 fully saturated rings. The molecule has 1 heterocycles. The van der Waals surface area contributed by atoms with Crippen molar-refractivity contribution in [1.82, 2.24) is 4.98 Å². The minimum atomic E-state index is 0.0893. The monoisotopic (exact) mass is 207 g/mol. The highest BCUT2D eigenvalue weighted by Crippen LogP contribution is 2.22. The van der Waals surface area contributed by atoms with Crippen molar-refractivity contribution in [3.8, 4) is 0 Å². The summed E-state index contributed by atoms with van der Waals surface area (Å²) in [7, 11) is 0. The van der Waals surface area contributed by atoms with E-state index >= 15 is 0 Å². The summed E-state index contributed by atoms with van der Waals surface area (Å²) in [5, 5.41) is 3.29. The first-order valence-corrected chi connectivity index (χ1v) is 5.35. The molecule has 0 aliphatic heterocycles. The molecular formula is C12H21N3. The average molecular weight is 207 g/mol. The van der Waals surface area contributed by atoms with Gasteiger partial charge < -0.3 is 11.1 Å². The predicted molar refractivity (Wildman–Crippen MR) is 65.1 cm³/mol. The van der Waals surface area contributed by atoms with Gasteiger partial charge in [0, 0.05) is 35.6 Å². The third-order valence-electron chi connectivity index (χ3n) is 2.16. The summed E-state index contributed by atoms with van der Waals surface area (Å²) in [6.07, 6.45) is 1.84. The minimum absolute atomic E-state index is 0.0893. The number of nitrogens with zero attached hydrogens (tertiary/aromatic N) is 1. The summed E-state index contributed by atoms with van der Waals surface area (Å²) in [5.41, 5.74) is 7.96. The van der Waals surface area contributed by atoms with Crippen LogP contribution in [0.3, 0.4) is 0 Å². The largest absolute Gasteiger partial charge is 0.383 e. The highest BCUT2D eigenvalue weighted by atomic mass is 14.9. The SMILES string of the molecule is CC(N)CNc1ccnc(C(C)(C)C)c1. The van der Waals surface area contributed by atoms with Gasteiger partial charge in [0.2, 0.25) is 0 Å². The van der Waals surface area contributed by atoms with E-state index in [1.165, 1.54) is 0 Å². The minimum Gasteiger partial charge on any atom is -0.383 e. The second kappa shape index (κ2) is 4.62. The number of hydrogen-bond acceptors (Lipinski definition) is 3. The Bertz CT molecular complexity index is 313. The molecule has 0 aromatic carbocycles. The molecule has 0 saturated carbocycles. The highest BCUT2D eigenvalue weighted by molar-refractivity contribution is 5.44. The van der Waals surface area contributed by atoms with Gasteiger partial charge in [-0.1, -0.05) is 20.8 Å². The van der Waals surface area contributed by atoms with Gasteiger partial charge in [0.05, 0.1) is 0 Å². The number of aromatic nitrogens is 1. The molecule has 1 unspecified atom stereocenters. The summed E-state index contributed by atoms with van der Waals surface area (Å²) >= 11 is 0. The average Bonchev–Trinajstić information content (AvgIpc) is 2.14. The van der Waals surface area contributed by atoms with Crippen molar-refractivity contribution in [1.29, 1.82) is 0 Å². The molecular weight excluding hydrogens is 186 g/mol. The third kappa shape index (κ3) is 3.88. The molecule has 3 nitrogen and oxygen atoms in total. The fourth-order valence-corrected chi connectivity index (χ4v) is 1.23. The van der Waals surface area contributed by atoms with Gasteiger partial charge in [-0.25, -0.2) is 0 Å². The molecule has 1 aromatic heterocycles. The Morgan fingerprint density at radius 2 is 2.13 bits per heavy atom. The Morgan fingerprint density at radius 3 is 2.67 bits per heavy atom. The zero-order valence-electron chi connectivity index (χ0n) is 10.0. The molecule has 15 heavy (non-hydrogen) atoms. The van der Waals surface area contributed by atoms with E-state index in [-0.39, 0.29) is 11.5 Å². The zero-order valence-corrected chi connectivity index (χ0v) is 10.0. The number of anilines is 1. The topological polar surface area (TPSA) is 50.9 Å². The Morgan fingerprint density at radius 1 is 1.47 bits per heavy atom. The molecule has 0 spiro atoms. The van der Waals surface area contributed by atoms with Crippen LogP contribution in [-0.2, 0) is 5.41 Å². The van der Waals surface area contributed by atoms with Gasteiger partial charge in [-0.2, -0.15) is 0 Å². The Hall–Kier alpha value is -1.09. The normalized spacial score (nSPS) is 13.7. The lowest BCUT2D eigenvalue weighted by Gasteiger charge is -2.18. The second-order valence-electron chi connectivity index (χ2n) is 5.04. The third-order valence-corrected chi connectivity index (χ3v) is 2.16. The van der Waals surface area contributed by atoms with E-state index in [1.54, 1.807) is 0 Å². The Kier molecular flexibility index (Phi) is 3.69. The summed E-state index contributed by atoms with van der Waals surface area (Å²) < 4.78 is 0. The number of rotatable bonds is 3. The summed E-state index contributed by atoms with van der Waals surface area (Å²) in [6, 6.07) is 4.22. The fraction of sp³-hybridized carbons (Fsp3) is 0.583. The van der Waals surface area contributed by atoms with Crippen LogP contribution < -0.4 is 11.1 Å². The van der Waals surface area contributed by atoms with Gasteiger partial charge in [-0.05, 0) is 19.1 Å². The molecule has 3 N–H and O–H groups in total. The van der Waals surface area contributed by atoms with Crippen LogP contribution in [-0.4, -0.2) is 17.6 Å². The van der Waals surface area contributed by atoms with Gasteiger partial charge >= 0.3 is 0 Å². The molecule has 0 saturated heterocycles. The molecule has 84 valence electrons. The summed E-state index contributed by atoms with van der Waals surface area (Å²) in [6.45, 7) is 9.24. The molecule has 1 aromatic rings. The van der Waals surface area contributed by atoms with Crippen molar-refractivity contribution >= 4 is 5.69 Å². The van der Waals surface area contributed by atoms with E-state index in [1.807, 2.05) is 19.2 Å². The van der Waals surface area contributed by atoms with Gasteiger partial charge in [0.25, 0.3) is 0 Å². The Balaban J connectivity index is 2.75. The maximum atomic E-state index is 5.69. The van der Waals surface area contributed by atoms with Crippen molar-refractivity contribution in [3.63, 3.8) is 0 Å². The molecule has 1 atom stereocenters. The van der Waals surface area contributed by atoms with Crippen molar-refractivity contribution < 1.29 is 0 Å².